The van der Waals surface area contributed by atoms with Crippen molar-refractivity contribution < 1.29 is 35.3 Å². The van der Waals surface area contributed by atoms with Gasteiger partial charge >= 0.3 is 21.6 Å². The van der Waals surface area contributed by atoms with Crippen LogP contribution < -0.4 is 4.18 Å². The second-order valence-corrected chi connectivity index (χ2v) is 7.22. The van der Waals surface area contributed by atoms with Crippen LogP contribution in [0.25, 0.3) is 0 Å². The summed E-state index contributed by atoms with van der Waals surface area (Å²) in [6.45, 7) is 3.83. The topological polar surface area (TPSA) is 87.5 Å². The molecule has 26 heavy (non-hydrogen) atoms. The summed E-state index contributed by atoms with van der Waals surface area (Å²) in [4.78, 5) is 11.9. The molecule has 0 saturated carbocycles. The van der Waals surface area contributed by atoms with Gasteiger partial charge in [0.05, 0.1) is 13.7 Å². The molecule has 1 aromatic rings. The number of halogens is 3. The van der Waals surface area contributed by atoms with Gasteiger partial charge in [-0.1, -0.05) is 17.2 Å². The minimum absolute atomic E-state index is 0.0635. The molecule has 0 radical (unpaired) electrons. The Morgan fingerprint density at radius 2 is 2.00 bits per heavy atom. The van der Waals surface area contributed by atoms with Crippen molar-refractivity contribution in [1.82, 2.24) is 9.78 Å². The Hall–Kier alpha value is -2.30. The molecule has 1 heterocycles. The summed E-state index contributed by atoms with van der Waals surface area (Å²) in [6.07, 6.45) is 3.66. The van der Waals surface area contributed by atoms with E-state index >= 15 is 0 Å². The molecule has 144 valence electrons. The number of hydrogen-bond acceptors (Lipinski definition) is 6. The molecule has 1 aliphatic rings. The van der Waals surface area contributed by atoms with Crippen LogP contribution in [0, 0.1) is 0 Å². The van der Waals surface area contributed by atoms with E-state index < -0.39 is 27.5 Å². The van der Waals surface area contributed by atoms with Gasteiger partial charge in [-0.25, -0.2) is 9.48 Å². The van der Waals surface area contributed by atoms with Crippen molar-refractivity contribution in [1.29, 1.82) is 0 Å². The van der Waals surface area contributed by atoms with E-state index in [1.54, 1.807) is 0 Å². The number of allylic oxidation sites excluding steroid dienone is 4. The van der Waals surface area contributed by atoms with Gasteiger partial charge in [0.15, 0.2) is 5.69 Å². The zero-order valence-electron chi connectivity index (χ0n) is 14.3. The quantitative estimate of drug-likeness (QED) is 0.434. The summed E-state index contributed by atoms with van der Waals surface area (Å²) in [5, 5.41) is 3.69. The number of carbonyl (C=O) groups excluding carboxylic acids is 1. The van der Waals surface area contributed by atoms with Crippen LogP contribution in [-0.4, -0.2) is 36.8 Å². The van der Waals surface area contributed by atoms with Gasteiger partial charge in [-0.15, -0.1) is 5.10 Å². The first-order valence-electron chi connectivity index (χ1n) is 7.49. The maximum atomic E-state index is 12.5. The Labute approximate surface area is 148 Å². The van der Waals surface area contributed by atoms with E-state index in [1.807, 2.05) is 19.9 Å². The minimum Gasteiger partial charge on any atom is -0.464 e. The third kappa shape index (κ3) is 4.09. The second kappa shape index (κ2) is 7.14. The van der Waals surface area contributed by atoms with Crippen LogP contribution in [0.2, 0.25) is 0 Å². The molecule has 11 heteroatoms. The van der Waals surface area contributed by atoms with Gasteiger partial charge in [0.25, 0.3) is 5.88 Å². The molecule has 0 saturated heterocycles. The first-order chi connectivity index (χ1) is 12.0. The van der Waals surface area contributed by atoms with Crippen molar-refractivity contribution >= 4 is 16.1 Å². The minimum atomic E-state index is -5.89. The maximum absolute atomic E-state index is 12.5. The van der Waals surface area contributed by atoms with E-state index in [9.17, 15) is 26.4 Å². The lowest BCUT2D eigenvalue weighted by molar-refractivity contribution is -0.0501. The molecular formula is C15H17F3N2O5S. The van der Waals surface area contributed by atoms with Crippen LogP contribution >= 0.6 is 0 Å². The van der Waals surface area contributed by atoms with E-state index in [0.29, 0.717) is 0 Å². The largest absolute Gasteiger partial charge is 0.534 e. The third-order valence-corrected chi connectivity index (χ3v) is 4.86. The van der Waals surface area contributed by atoms with E-state index in [2.05, 4.69) is 14.0 Å². The Balaban J connectivity index is 2.42. The third-order valence-electron chi connectivity index (χ3n) is 3.90. The summed E-state index contributed by atoms with van der Waals surface area (Å²) < 4.78 is 69.3. The van der Waals surface area contributed by atoms with Crippen LogP contribution in [0.5, 0.6) is 5.88 Å². The lowest BCUT2D eigenvalue weighted by Crippen LogP contribution is -2.28. The number of nitrogens with zero attached hydrogens (tertiary/aromatic N) is 2. The van der Waals surface area contributed by atoms with Crippen LogP contribution in [0.15, 0.2) is 28.9 Å². The zero-order valence-corrected chi connectivity index (χ0v) is 15.1. The Bertz CT molecular complexity index is 882. The summed E-state index contributed by atoms with van der Waals surface area (Å²) in [5.41, 5.74) is -2.98. The van der Waals surface area contributed by atoms with Crippen molar-refractivity contribution in [2.75, 3.05) is 7.11 Å². The first kappa shape index (κ1) is 20.0. The highest BCUT2D eigenvalue weighted by Crippen LogP contribution is 2.29. The standard InChI is InChI=1S/C15H17F3N2O5S/c1-9-5-4-6-10(2)11(9)8-20-12(14(21)24-3)7-13(19-20)25-26(22,23)15(16,17)18/h5,7H,4,6,8H2,1-3H3. The van der Waals surface area contributed by atoms with Crippen molar-refractivity contribution in [3.63, 3.8) is 0 Å². The fourth-order valence-electron chi connectivity index (χ4n) is 2.51. The highest BCUT2D eigenvalue weighted by atomic mass is 32.2. The van der Waals surface area contributed by atoms with Crippen LogP contribution in [0.4, 0.5) is 13.2 Å². The Morgan fingerprint density at radius 3 is 2.54 bits per heavy atom. The predicted molar refractivity (Wildman–Crippen MR) is 84.9 cm³/mol. The van der Waals surface area contributed by atoms with Crippen molar-refractivity contribution in [2.45, 2.75) is 38.7 Å². The molecular weight excluding hydrogens is 377 g/mol. The molecule has 0 atom stereocenters. The smallest absolute Gasteiger partial charge is 0.464 e. The number of ether oxygens (including phenoxy) is 1. The molecule has 0 amide bonds. The van der Waals surface area contributed by atoms with Crippen molar-refractivity contribution in [2.24, 2.45) is 0 Å². The number of carbonyl (C=O) groups is 1. The number of hydrogen-bond donors (Lipinski definition) is 0. The number of aromatic nitrogens is 2. The Kier molecular flexibility index (Phi) is 5.49. The molecule has 0 aliphatic heterocycles. The van der Waals surface area contributed by atoms with E-state index in [0.717, 1.165) is 47.4 Å². The van der Waals surface area contributed by atoms with Crippen molar-refractivity contribution in [3.8, 4) is 5.88 Å². The number of alkyl halides is 3. The lowest BCUT2D eigenvalue weighted by Gasteiger charge is -2.18. The fraction of sp³-hybridized carbons (Fsp3) is 0.467. The predicted octanol–water partition coefficient (Wildman–Crippen LogP) is 2.95. The molecule has 1 aliphatic carbocycles. The highest BCUT2D eigenvalue weighted by molar-refractivity contribution is 7.87. The Morgan fingerprint density at radius 1 is 1.35 bits per heavy atom. The zero-order chi connectivity index (χ0) is 19.7. The normalized spacial score (nSPS) is 15.7. The molecule has 2 rings (SSSR count). The average molecular weight is 394 g/mol. The van der Waals surface area contributed by atoms with E-state index in [1.165, 1.54) is 0 Å². The van der Waals surface area contributed by atoms with Gasteiger partial charge in [0, 0.05) is 6.07 Å². The monoisotopic (exact) mass is 394 g/mol. The lowest BCUT2D eigenvalue weighted by atomic mass is 9.92. The van der Waals surface area contributed by atoms with Gasteiger partial charge < -0.3 is 8.92 Å². The van der Waals surface area contributed by atoms with Gasteiger partial charge in [-0.3, -0.25) is 0 Å². The number of rotatable bonds is 5. The molecule has 0 spiro atoms. The van der Waals surface area contributed by atoms with Gasteiger partial charge in [0.1, 0.15) is 0 Å². The van der Waals surface area contributed by atoms with Gasteiger partial charge in [0.2, 0.25) is 0 Å². The van der Waals surface area contributed by atoms with E-state index in [4.69, 9.17) is 0 Å². The highest BCUT2D eigenvalue weighted by Gasteiger charge is 2.49. The first-order valence-corrected chi connectivity index (χ1v) is 8.89. The molecule has 0 N–H and O–H groups in total. The molecule has 0 fully saturated rings. The average Bonchev–Trinajstić information content (AvgIpc) is 2.91. The van der Waals surface area contributed by atoms with E-state index in [-0.39, 0.29) is 12.2 Å². The fourth-order valence-corrected chi connectivity index (χ4v) is 2.91. The summed E-state index contributed by atoms with van der Waals surface area (Å²) in [5.74, 6) is -1.74. The van der Waals surface area contributed by atoms with Gasteiger partial charge in [-0.05, 0) is 32.3 Å². The molecule has 0 bridgehead atoms. The second-order valence-electron chi connectivity index (χ2n) is 5.68. The van der Waals surface area contributed by atoms with Crippen LogP contribution in [0.3, 0.4) is 0 Å². The van der Waals surface area contributed by atoms with Crippen LogP contribution in [-0.2, 0) is 21.4 Å². The molecule has 7 nitrogen and oxygen atoms in total. The summed E-state index contributed by atoms with van der Waals surface area (Å²) in [6, 6.07) is 0.799. The molecule has 1 aromatic heterocycles. The van der Waals surface area contributed by atoms with Gasteiger partial charge in [-0.2, -0.15) is 21.6 Å². The SMILES string of the molecule is COC(=O)c1cc(OS(=O)(=O)C(F)(F)F)nn1CC1=C(C)CCC=C1C. The molecule has 0 unspecified atom stereocenters. The molecule has 0 aromatic carbocycles. The number of esters is 1. The number of methoxy groups -OCH3 is 1. The van der Waals surface area contributed by atoms with Crippen molar-refractivity contribution in [3.05, 3.63) is 34.6 Å². The van der Waals surface area contributed by atoms with Crippen LogP contribution in [0.1, 0.15) is 37.2 Å². The summed E-state index contributed by atoms with van der Waals surface area (Å²) in [7, 11) is -4.81. The maximum Gasteiger partial charge on any atom is 0.534 e. The summed E-state index contributed by atoms with van der Waals surface area (Å²) >= 11 is 0.